The van der Waals surface area contributed by atoms with Crippen molar-refractivity contribution < 1.29 is 9.90 Å². The van der Waals surface area contributed by atoms with E-state index in [1.807, 2.05) is 6.92 Å². The number of rotatable bonds is 5. The normalized spacial score (nSPS) is 15.9. The molecule has 3 heteroatoms. The van der Waals surface area contributed by atoms with Crippen LogP contribution in [0.15, 0.2) is 0 Å². The maximum atomic E-state index is 10.3. The summed E-state index contributed by atoms with van der Waals surface area (Å²) in [7, 11) is 0. The maximum absolute atomic E-state index is 10.3. The fourth-order valence-corrected chi connectivity index (χ4v) is 1.14. The van der Waals surface area contributed by atoms with Crippen LogP contribution in [0.3, 0.4) is 0 Å². The molecule has 0 saturated carbocycles. The molecule has 2 atom stereocenters. The van der Waals surface area contributed by atoms with Crippen molar-refractivity contribution in [2.75, 3.05) is 0 Å². The molecule has 66 valence electrons. The minimum atomic E-state index is -0.895. The van der Waals surface area contributed by atoms with Crippen LogP contribution >= 0.6 is 0 Å². The van der Waals surface area contributed by atoms with Crippen molar-refractivity contribution in [1.29, 1.82) is 0 Å². The molecule has 3 N–H and O–H groups in total. The Hall–Kier alpha value is -0.570. The highest BCUT2D eigenvalue weighted by atomic mass is 16.4. The van der Waals surface area contributed by atoms with Gasteiger partial charge in [0.05, 0.1) is 0 Å². The van der Waals surface area contributed by atoms with Gasteiger partial charge in [0.25, 0.3) is 0 Å². The summed E-state index contributed by atoms with van der Waals surface area (Å²) in [5.74, 6) is -0.473. The summed E-state index contributed by atoms with van der Waals surface area (Å²) >= 11 is 0. The summed E-state index contributed by atoms with van der Waals surface area (Å²) in [6, 6.07) is -0.684. The van der Waals surface area contributed by atoms with E-state index in [9.17, 15) is 4.79 Å². The molecule has 0 aromatic carbocycles. The van der Waals surface area contributed by atoms with E-state index in [0.29, 0.717) is 12.3 Å². The average molecular weight is 159 g/mol. The minimum absolute atomic E-state index is 0.422. The van der Waals surface area contributed by atoms with Gasteiger partial charge in [-0.05, 0) is 12.3 Å². The highest BCUT2D eigenvalue weighted by Gasteiger charge is 2.14. The summed E-state index contributed by atoms with van der Waals surface area (Å²) in [5, 5.41) is 8.47. The molecule has 0 aromatic heterocycles. The van der Waals surface area contributed by atoms with E-state index in [-0.39, 0.29) is 0 Å². The van der Waals surface area contributed by atoms with Crippen molar-refractivity contribution in [2.24, 2.45) is 11.7 Å². The van der Waals surface area contributed by atoms with E-state index in [1.165, 1.54) is 0 Å². The van der Waals surface area contributed by atoms with Gasteiger partial charge in [-0.2, -0.15) is 0 Å². The molecule has 0 aromatic rings. The van der Waals surface area contributed by atoms with Crippen molar-refractivity contribution in [1.82, 2.24) is 0 Å². The molecule has 0 aliphatic rings. The van der Waals surface area contributed by atoms with Crippen LogP contribution in [0.1, 0.15) is 33.1 Å². The predicted octanol–water partition coefficient (Wildman–Crippen LogP) is 1.22. The molecule has 0 aliphatic carbocycles. The lowest BCUT2D eigenvalue weighted by Gasteiger charge is -2.12. The van der Waals surface area contributed by atoms with Crippen molar-refractivity contribution in [3.63, 3.8) is 0 Å². The number of nitrogens with two attached hydrogens (primary N) is 1. The third kappa shape index (κ3) is 4.79. The van der Waals surface area contributed by atoms with Crippen LogP contribution in [-0.4, -0.2) is 17.1 Å². The van der Waals surface area contributed by atoms with Gasteiger partial charge in [-0.3, -0.25) is 4.79 Å². The number of hydrogen-bond acceptors (Lipinski definition) is 2. The Kier molecular flexibility index (Phi) is 4.86. The van der Waals surface area contributed by atoms with E-state index >= 15 is 0 Å². The van der Waals surface area contributed by atoms with Gasteiger partial charge in [0, 0.05) is 0 Å². The zero-order valence-electron chi connectivity index (χ0n) is 7.21. The second-order valence-electron chi connectivity index (χ2n) is 3.07. The van der Waals surface area contributed by atoms with Crippen molar-refractivity contribution in [3.05, 3.63) is 0 Å². The fraction of sp³-hybridized carbons (Fsp3) is 0.875. The zero-order valence-corrected chi connectivity index (χ0v) is 7.21. The van der Waals surface area contributed by atoms with E-state index in [1.54, 1.807) is 0 Å². The first-order valence-corrected chi connectivity index (χ1v) is 4.06. The summed E-state index contributed by atoms with van der Waals surface area (Å²) in [4.78, 5) is 10.3. The molecule has 0 amide bonds. The van der Waals surface area contributed by atoms with Crippen LogP contribution in [0.4, 0.5) is 0 Å². The Morgan fingerprint density at radius 1 is 1.64 bits per heavy atom. The SMILES string of the molecule is CCCC(C)CC(N)C(=O)O. The number of hydrogen-bond donors (Lipinski definition) is 2. The van der Waals surface area contributed by atoms with Crippen LogP contribution in [0.2, 0.25) is 0 Å². The van der Waals surface area contributed by atoms with E-state index < -0.39 is 12.0 Å². The summed E-state index contributed by atoms with van der Waals surface area (Å²) in [5.41, 5.74) is 5.35. The topological polar surface area (TPSA) is 63.3 Å². The molecule has 0 bridgehead atoms. The first-order chi connectivity index (χ1) is 5.07. The predicted molar refractivity (Wildman–Crippen MR) is 44.3 cm³/mol. The lowest BCUT2D eigenvalue weighted by Crippen LogP contribution is -2.31. The van der Waals surface area contributed by atoms with Crippen molar-refractivity contribution in [2.45, 2.75) is 39.2 Å². The van der Waals surface area contributed by atoms with Gasteiger partial charge in [-0.15, -0.1) is 0 Å². The van der Waals surface area contributed by atoms with Crippen LogP contribution in [0, 0.1) is 5.92 Å². The molecule has 0 spiro atoms. The summed E-state index contributed by atoms with van der Waals surface area (Å²) in [6.07, 6.45) is 2.73. The maximum Gasteiger partial charge on any atom is 0.320 e. The number of carboxylic acids is 1. The lowest BCUT2D eigenvalue weighted by molar-refractivity contribution is -0.138. The number of aliphatic carboxylic acids is 1. The van der Waals surface area contributed by atoms with Gasteiger partial charge in [0.1, 0.15) is 6.04 Å². The smallest absolute Gasteiger partial charge is 0.320 e. The summed E-state index contributed by atoms with van der Waals surface area (Å²) in [6.45, 7) is 4.12. The van der Waals surface area contributed by atoms with Gasteiger partial charge in [-0.1, -0.05) is 26.7 Å². The molecule has 0 aliphatic heterocycles. The van der Waals surface area contributed by atoms with E-state index in [2.05, 4.69) is 6.92 Å². The first kappa shape index (κ1) is 10.4. The molecule has 11 heavy (non-hydrogen) atoms. The molecule has 2 unspecified atom stereocenters. The quantitative estimate of drug-likeness (QED) is 0.634. The van der Waals surface area contributed by atoms with Crippen LogP contribution in [0.5, 0.6) is 0 Å². The second kappa shape index (κ2) is 5.13. The highest BCUT2D eigenvalue weighted by Crippen LogP contribution is 2.11. The van der Waals surface area contributed by atoms with Gasteiger partial charge in [-0.25, -0.2) is 0 Å². The lowest BCUT2D eigenvalue weighted by atomic mass is 9.98. The molecule has 0 heterocycles. The Morgan fingerprint density at radius 2 is 2.18 bits per heavy atom. The van der Waals surface area contributed by atoms with Crippen LogP contribution < -0.4 is 5.73 Å². The second-order valence-corrected chi connectivity index (χ2v) is 3.07. The fourth-order valence-electron chi connectivity index (χ4n) is 1.14. The third-order valence-corrected chi connectivity index (χ3v) is 1.75. The Bertz CT molecular complexity index is 125. The Morgan fingerprint density at radius 3 is 2.55 bits per heavy atom. The van der Waals surface area contributed by atoms with Crippen LogP contribution in [-0.2, 0) is 4.79 Å². The Labute approximate surface area is 67.6 Å². The van der Waals surface area contributed by atoms with Gasteiger partial charge in [0.2, 0.25) is 0 Å². The summed E-state index contributed by atoms with van der Waals surface area (Å²) < 4.78 is 0. The van der Waals surface area contributed by atoms with Crippen molar-refractivity contribution >= 4 is 5.97 Å². The number of carbonyl (C=O) groups is 1. The molecule has 0 rings (SSSR count). The molecule has 3 nitrogen and oxygen atoms in total. The standard InChI is InChI=1S/C8H17NO2/c1-3-4-6(2)5-7(9)8(10)11/h6-7H,3-5,9H2,1-2H3,(H,10,11). The largest absolute Gasteiger partial charge is 0.480 e. The average Bonchev–Trinajstić information content (AvgIpc) is 1.87. The zero-order chi connectivity index (χ0) is 8.85. The Balaban J connectivity index is 3.56. The molecule has 0 fully saturated rings. The number of carboxylic acid groups (broad SMARTS) is 1. The highest BCUT2D eigenvalue weighted by molar-refractivity contribution is 5.72. The van der Waals surface area contributed by atoms with Gasteiger partial charge < -0.3 is 10.8 Å². The molecular weight excluding hydrogens is 142 g/mol. The van der Waals surface area contributed by atoms with Crippen molar-refractivity contribution in [3.8, 4) is 0 Å². The third-order valence-electron chi connectivity index (χ3n) is 1.75. The van der Waals surface area contributed by atoms with E-state index in [4.69, 9.17) is 10.8 Å². The van der Waals surface area contributed by atoms with Gasteiger partial charge >= 0.3 is 5.97 Å². The van der Waals surface area contributed by atoms with Gasteiger partial charge in [0.15, 0.2) is 0 Å². The molecular formula is C8H17NO2. The van der Waals surface area contributed by atoms with E-state index in [0.717, 1.165) is 12.8 Å². The van der Waals surface area contributed by atoms with Crippen LogP contribution in [0.25, 0.3) is 0 Å². The molecule has 0 saturated heterocycles. The molecule has 0 radical (unpaired) electrons. The first-order valence-electron chi connectivity index (χ1n) is 4.06. The minimum Gasteiger partial charge on any atom is -0.480 e. The monoisotopic (exact) mass is 159 g/mol.